The van der Waals surface area contributed by atoms with E-state index in [1.54, 1.807) is 36.3 Å². The van der Waals surface area contributed by atoms with Crippen molar-refractivity contribution >= 4 is 23.9 Å². The maximum absolute atomic E-state index is 13.0. The van der Waals surface area contributed by atoms with Gasteiger partial charge in [-0.2, -0.15) is 0 Å². The van der Waals surface area contributed by atoms with Gasteiger partial charge in [-0.1, -0.05) is 70.2 Å². The number of carbonyl (C=O) groups excluding carboxylic acids is 4. The maximum Gasteiger partial charge on any atom is 0.237 e. The number of aldehydes is 1. The van der Waals surface area contributed by atoms with Crippen LogP contribution in [0.25, 0.3) is 0 Å². The largest absolute Gasteiger partial charge is 0.345 e. The van der Waals surface area contributed by atoms with E-state index in [1.165, 1.54) is 0 Å². The van der Waals surface area contributed by atoms with Crippen molar-refractivity contribution in [3.05, 3.63) is 60.7 Å². The molecule has 0 aliphatic carbocycles. The third-order valence-corrected chi connectivity index (χ3v) is 6.22. The number of benzene rings is 1. The van der Waals surface area contributed by atoms with Gasteiger partial charge in [0.15, 0.2) is 5.78 Å². The van der Waals surface area contributed by atoms with Gasteiger partial charge in [0.05, 0.1) is 12.1 Å². The van der Waals surface area contributed by atoms with Crippen molar-refractivity contribution in [2.45, 2.75) is 91.3 Å². The van der Waals surface area contributed by atoms with Gasteiger partial charge in [-0.3, -0.25) is 19.4 Å². The lowest BCUT2D eigenvalue weighted by Gasteiger charge is -2.43. The lowest BCUT2D eigenvalue weighted by molar-refractivity contribution is -0.159. The van der Waals surface area contributed by atoms with Crippen molar-refractivity contribution in [1.82, 2.24) is 20.7 Å². The van der Waals surface area contributed by atoms with Crippen LogP contribution >= 0.6 is 0 Å². The molecule has 1 aromatic rings. The van der Waals surface area contributed by atoms with E-state index >= 15 is 0 Å². The van der Waals surface area contributed by atoms with E-state index in [9.17, 15) is 19.2 Å². The minimum Gasteiger partial charge on any atom is -0.345 e. The van der Waals surface area contributed by atoms with E-state index < -0.39 is 6.04 Å². The second-order valence-electron chi connectivity index (χ2n) is 8.88. The molecule has 8 heteroatoms. The highest BCUT2D eigenvalue weighted by molar-refractivity contribution is 6.04. The number of ketones is 1. The molecule has 1 fully saturated rings. The highest BCUT2D eigenvalue weighted by atomic mass is 16.2. The average Bonchev–Trinajstić information content (AvgIpc) is 2.97. The van der Waals surface area contributed by atoms with Gasteiger partial charge in [0, 0.05) is 31.1 Å². The van der Waals surface area contributed by atoms with Crippen molar-refractivity contribution in [3.8, 4) is 0 Å². The predicted molar refractivity (Wildman–Crippen MR) is 159 cm³/mol. The summed E-state index contributed by atoms with van der Waals surface area (Å²) >= 11 is 0. The monoisotopic (exact) mass is 542 g/mol. The molecule has 8 nitrogen and oxygen atoms in total. The summed E-state index contributed by atoms with van der Waals surface area (Å²) in [6.07, 6.45) is 9.47. The molecule has 3 atom stereocenters. The second kappa shape index (κ2) is 21.8. The lowest BCUT2D eigenvalue weighted by Crippen LogP contribution is -2.55. The molecule has 39 heavy (non-hydrogen) atoms. The first-order valence-electron chi connectivity index (χ1n) is 14.2. The third kappa shape index (κ3) is 13.0. The average molecular weight is 543 g/mol. The van der Waals surface area contributed by atoms with Crippen LogP contribution in [0.4, 0.5) is 0 Å². The summed E-state index contributed by atoms with van der Waals surface area (Å²) in [4.78, 5) is 49.0. The van der Waals surface area contributed by atoms with E-state index in [2.05, 4.69) is 22.2 Å². The van der Waals surface area contributed by atoms with Crippen molar-refractivity contribution in [2.24, 2.45) is 0 Å². The van der Waals surface area contributed by atoms with Gasteiger partial charge in [-0.15, -0.1) is 6.58 Å². The fourth-order valence-electron chi connectivity index (χ4n) is 4.30. The zero-order valence-corrected chi connectivity index (χ0v) is 24.8. The first kappa shape index (κ1) is 35.9. The molecule has 0 saturated carbocycles. The van der Waals surface area contributed by atoms with Gasteiger partial charge in [0.2, 0.25) is 11.8 Å². The number of amides is 2. The summed E-state index contributed by atoms with van der Waals surface area (Å²) in [7, 11) is 1.70. The van der Waals surface area contributed by atoms with Crippen molar-refractivity contribution in [2.75, 3.05) is 20.1 Å². The Morgan fingerprint density at radius 2 is 1.79 bits per heavy atom. The van der Waals surface area contributed by atoms with Crippen LogP contribution in [0, 0.1) is 0 Å². The highest BCUT2D eigenvalue weighted by Gasteiger charge is 2.30. The van der Waals surface area contributed by atoms with Gasteiger partial charge >= 0.3 is 0 Å². The molecule has 0 radical (unpaired) electrons. The molecule has 1 aliphatic rings. The number of hydrogen-bond acceptors (Lipinski definition) is 6. The maximum atomic E-state index is 13.0. The molecule has 0 aromatic heterocycles. The second-order valence-corrected chi connectivity index (χ2v) is 8.88. The Bertz CT molecular complexity index is 884. The number of rotatable bonds is 13. The van der Waals surface area contributed by atoms with Gasteiger partial charge in [-0.05, 0) is 52.2 Å². The third-order valence-electron chi connectivity index (χ3n) is 6.22. The molecule has 1 heterocycles. The zero-order chi connectivity index (χ0) is 29.6. The molecule has 1 saturated heterocycles. The molecular formula is C31H50N4O4. The first-order valence-corrected chi connectivity index (χ1v) is 14.2. The molecule has 0 bridgehead atoms. The van der Waals surface area contributed by atoms with Crippen molar-refractivity contribution in [3.63, 3.8) is 0 Å². The fourth-order valence-corrected chi connectivity index (χ4v) is 4.30. The van der Waals surface area contributed by atoms with Crippen LogP contribution in [0.1, 0.15) is 83.5 Å². The van der Waals surface area contributed by atoms with E-state index in [0.29, 0.717) is 37.8 Å². The number of hydrazine groups is 1. The van der Waals surface area contributed by atoms with Gasteiger partial charge in [0.25, 0.3) is 0 Å². The predicted octanol–water partition coefficient (Wildman–Crippen LogP) is 4.72. The summed E-state index contributed by atoms with van der Waals surface area (Å²) < 4.78 is 0. The van der Waals surface area contributed by atoms with E-state index in [0.717, 1.165) is 12.8 Å². The number of hydrogen-bond donors (Lipinski definition) is 2. The number of carbonyl (C=O) groups is 4. The van der Waals surface area contributed by atoms with Gasteiger partial charge < -0.3 is 15.4 Å². The number of nitrogens with one attached hydrogen (secondary N) is 2. The standard InChI is InChI=1S/C26H38N4O4.C3H6.C2H6/c1-4-23(27-3)26(34)28-21(19-31)16-17-25(33)30-18-10-14-22(29(30)5-2)13-9-15-24(32)20-11-7-6-8-12-20;1-3-2;1-2/h6-9,11-12,15,19,21-23,27H,4-5,10,13-14,16-18H2,1-3H3,(H,28,34);3H,1H2,2H3;1-2H3/b15-9+;;/t21?,22-,23?;;/m1../s1. The SMILES string of the molecule is C=CC.CC.CCC(NC)C(=O)NC(C=O)CCC(=O)N1CCC[C@@H](C/C=C/C(=O)c2ccccc2)N1CC. The quantitative estimate of drug-likeness (QED) is 0.162. The topological polar surface area (TPSA) is 98.8 Å². The van der Waals surface area contributed by atoms with Crippen molar-refractivity contribution in [1.29, 1.82) is 0 Å². The minimum atomic E-state index is -0.693. The minimum absolute atomic E-state index is 0.0297. The van der Waals surface area contributed by atoms with E-state index in [4.69, 9.17) is 0 Å². The lowest BCUT2D eigenvalue weighted by atomic mass is 10.0. The Kier molecular flexibility index (Phi) is 20.1. The van der Waals surface area contributed by atoms with Crippen LogP contribution < -0.4 is 10.6 Å². The Morgan fingerprint density at radius 1 is 1.15 bits per heavy atom. The van der Waals surface area contributed by atoms with Crippen LogP contribution in [0.3, 0.4) is 0 Å². The molecule has 2 rings (SSSR count). The van der Waals surface area contributed by atoms with Crippen LogP contribution in [0.2, 0.25) is 0 Å². The molecule has 0 spiro atoms. The Labute approximate surface area is 235 Å². The fraction of sp³-hybridized carbons (Fsp3) is 0.548. The molecule has 2 amide bonds. The summed E-state index contributed by atoms with van der Waals surface area (Å²) in [5.41, 5.74) is 0.656. The molecular weight excluding hydrogens is 492 g/mol. The van der Waals surface area contributed by atoms with Gasteiger partial charge in [-0.25, -0.2) is 5.01 Å². The van der Waals surface area contributed by atoms with Crippen LogP contribution in [0.15, 0.2) is 55.1 Å². The van der Waals surface area contributed by atoms with Crippen LogP contribution in [-0.4, -0.2) is 72.2 Å². The number of nitrogens with zero attached hydrogens (tertiary/aromatic N) is 2. The molecule has 2 N–H and O–H groups in total. The van der Waals surface area contributed by atoms with E-state index in [-0.39, 0.29) is 42.5 Å². The Balaban J connectivity index is 0.00000269. The smallest absolute Gasteiger partial charge is 0.237 e. The van der Waals surface area contributed by atoms with Crippen LogP contribution in [0.5, 0.6) is 0 Å². The summed E-state index contributed by atoms with van der Waals surface area (Å²) in [6.45, 7) is 14.4. The molecule has 218 valence electrons. The van der Waals surface area contributed by atoms with Crippen molar-refractivity contribution < 1.29 is 19.2 Å². The van der Waals surface area contributed by atoms with Gasteiger partial charge in [0.1, 0.15) is 6.29 Å². The first-order chi connectivity index (χ1) is 18.9. The zero-order valence-electron chi connectivity index (χ0n) is 24.8. The summed E-state index contributed by atoms with van der Waals surface area (Å²) in [5, 5.41) is 9.46. The normalized spacial score (nSPS) is 16.6. The summed E-state index contributed by atoms with van der Waals surface area (Å²) in [6, 6.07) is 8.22. The Morgan fingerprint density at radius 3 is 2.33 bits per heavy atom. The molecule has 1 aliphatic heterocycles. The van der Waals surface area contributed by atoms with Crippen LogP contribution in [-0.2, 0) is 14.4 Å². The molecule has 2 unspecified atom stereocenters. The van der Waals surface area contributed by atoms with E-state index in [1.807, 2.05) is 58.9 Å². The highest BCUT2D eigenvalue weighted by Crippen LogP contribution is 2.22. The molecule has 1 aromatic carbocycles. The number of allylic oxidation sites excluding steroid dienone is 2. The summed E-state index contributed by atoms with van der Waals surface area (Å²) in [5.74, 6) is -0.324. The Hall–Kier alpha value is -3.10. The number of likely N-dealkylation sites (N-methyl/N-ethyl adjacent to an activating group) is 1.